The summed E-state index contributed by atoms with van der Waals surface area (Å²) in [5, 5.41) is 14.0. The van der Waals surface area contributed by atoms with Gasteiger partial charge in [-0.3, -0.25) is 9.59 Å². The number of halogens is 1. The minimum absolute atomic E-state index is 0.0412. The number of thiophene rings is 1. The number of nitrogens with one attached hydrogen (secondary N) is 2. The normalized spacial score (nSPS) is 16.3. The average Bonchev–Trinajstić information content (AvgIpc) is 2.99. The monoisotopic (exact) mass is 397 g/mol. The van der Waals surface area contributed by atoms with E-state index in [0.29, 0.717) is 17.2 Å². The molecule has 0 unspecified atom stereocenters. The Kier molecular flexibility index (Phi) is 7.06. The molecule has 1 saturated carbocycles. The maximum absolute atomic E-state index is 12.3. The third-order valence-electron chi connectivity index (χ3n) is 4.05. The zero-order valence-electron chi connectivity index (χ0n) is 12.8. The quantitative estimate of drug-likeness (QED) is 0.722. The smallest absolute Gasteiger partial charge is 0.262 e. The van der Waals surface area contributed by atoms with E-state index in [4.69, 9.17) is 5.26 Å². The summed E-state index contributed by atoms with van der Waals surface area (Å²) in [4.78, 5) is 25.2. The summed E-state index contributed by atoms with van der Waals surface area (Å²) < 4.78 is 0.875. The molecule has 23 heavy (non-hydrogen) atoms. The molecule has 1 aliphatic carbocycles. The van der Waals surface area contributed by atoms with Crippen LogP contribution in [0.25, 0.3) is 0 Å². The minimum Gasteiger partial charge on any atom is -0.341 e. The van der Waals surface area contributed by atoms with Crippen molar-refractivity contribution in [1.82, 2.24) is 10.6 Å². The second-order valence-corrected chi connectivity index (χ2v) is 8.21. The van der Waals surface area contributed by atoms with Gasteiger partial charge in [0, 0.05) is 0 Å². The first kappa shape index (κ1) is 18.0. The molecule has 0 aliphatic heterocycles. The van der Waals surface area contributed by atoms with Gasteiger partial charge in [-0.25, -0.2) is 0 Å². The van der Waals surface area contributed by atoms with Crippen LogP contribution >= 0.6 is 27.3 Å². The lowest BCUT2D eigenvalue weighted by atomic mass is 9.84. The van der Waals surface area contributed by atoms with Gasteiger partial charge in [-0.05, 0) is 40.4 Å². The number of nitriles is 1. The summed E-state index contributed by atoms with van der Waals surface area (Å²) >= 11 is 4.67. The Bertz CT molecular complexity index is 590. The molecule has 0 aromatic carbocycles. The number of hydrogen-bond donors (Lipinski definition) is 2. The highest BCUT2D eigenvalue weighted by molar-refractivity contribution is 9.11. The van der Waals surface area contributed by atoms with Crippen molar-refractivity contribution in [3.8, 4) is 6.07 Å². The zero-order valence-corrected chi connectivity index (χ0v) is 15.2. The van der Waals surface area contributed by atoms with E-state index in [9.17, 15) is 9.59 Å². The van der Waals surface area contributed by atoms with Crippen LogP contribution in [-0.4, -0.2) is 24.4 Å². The predicted octanol–water partition coefficient (Wildman–Crippen LogP) is 3.22. The number of amides is 2. The summed E-state index contributed by atoms with van der Waals surface area (Å²) in [7, 11) is 0. The molecule has 1 aromatic heterocycles. The van der Waals surface area contributed by atoms with Gasteiger partial charge in [0.25, 0.3) is 5.91 Å². The Morgan fingerprint density at radius 3 is 2.70 bits per heavy atom. The molecule has 0 bridgehead atoms. The first-order chi connectivity index (χ1) is 11.1. The number of carbonyl (C=O) groups excluding carboxylic acids is 2. The van der Waals surface area contributed by atoms with Crippen LogP contribution in [-0.2, 0) is 4.79 Å². The predicted molar refractivity (Wildman–Crippen MR) is 93.1 cm³/mol. The van der Waals surface area contributed by atoms with E-state index < -0.39 is 6.04 Å². The van der Waals surface area contributed by atoms with E-state index in [1.807, 2.05) is 12.1 Å². The molecule has 0 saturated heterocycles. The fourth-order valence-electron chi connectivity index (χ4n) is 2.90. The van der Waals surface area contributed by atoms with Crippen LogP contribution in [0, 0.1) is 17.2 Å². The molecule has 1 fully saturated rings. The van der Waals surface area contributed by atoms with E-state index in [2.05, 4.69) is 26.6 Å². The maximum Gasteiger partial charge on any atom is 0.262 e. The zero-order chi connectivity index (χ0) is 16.7. The number of rotatable bonds is 6. The second-order valence-electron chi connectivity index (χ2n) is 5.75. The van der Waals surface area contributed by atoms with Gasteiger partial charge in [0.1, 0.15) is 12.6 Å². The lowest BCUT2D eigenvalue weighted by Gasteiger charge is -2.26. The van der Waals surface area contributed by atoms with Crippen LogP contribution < -0.4 is 10.6 Å². The minimum atomic E-state index is -0.583. The highest BCUT2D eigenvalue weighted by Gasteiger charge is 2.26. The van der Waals surface area contributed by atoms with Crippen molar-refractivity contribution in [2.45, 2.75) is 44.6 Å². The summed E-state index contributed by atoms with van der Waals surface area (Å²) in [5.74, 6) is -0.0633. The largest absolute Gasteiger partial charge is 0.341 e. The number of carbonyl (C=O) groups is 2. The standard InChI is InChI=1S/C16H20BrN3O2S/c17-14-7-6-13(23-14)16(22)20-12(15(21)19-9-8-18)10-11-4-2-1-3-5-11/h6-7,11-12H,1-5,9-10H2,(H,19,21)(H,20,22)/t12-/m0/s1. The SMILES string of the molecule is N#CCNC(=O)[C@H](CC1CCCCC1)NC(=O)c1ccc(Br)s1. The highest BCUT2D eigenvalue weighted by Crippen LogP contribution is 2.28. The summed E-state index contributed by atoms with van der Waals surface area (Å²) in [5.41, 5.74) is 0. The van der Waals surface area contributed by atoms with Gasteiger partial charge in [0.15, 0.2) is 0 Å². The van der Waals surface area contributed by atoms with Crippen molar-refractivity contribution in [1.29, 1.82) is 5.26 Å². The summed E-state index contributed by atoms with van der Waals surface area (Å²) in [6, 6.07) is 4.86. The van der Waals surface area contributed by atoms with Crippen LogP contribution in [0.1, 0.15) is 48.2 Å². The molecule has 0 spiro atoms. The van der Waals surface area contributed by atoms with E-state index in [1.54, 1.807) is 6.07 Å². The van der Waals surface area contributed by atoms with Gasteiger partial charge >= 0.3 is 0 Å². The highest BCUT2D eigenvalue weighted by atomic mass is 79.9. The first-order valence-electron chi connectivity index (χ1n) is 7.81. The molecule has 1 aromatic rings. The fraction of sp³-hybridized carbons (Fsp3) is 0.562. The lowest BCUT2D eigenvalue weighted by Crippen LogP contribution is -2.47. The van der Waals surface area contributed by atoms with Crippen molar-refractivity contribution in [3.63, 3.8) is 0 Å². The van der Waals surface area contributed by atoms with Gasteiger partial charge in [-0.1, -0.05) is 32.1 Å². The molecule has 2 rings (SSSR count). The molecule has 1 atom stereocenters. The Morgan fingerprint density at radius 2 is 2.09 bits per heavy atom. The third kappa shape index (κ3) is 5.63. The van der Waals surface area contributed by atoms with E-state index in [-0.39, 0.29) is 18.4 Å². The third-order valence-corrected chi connectivity index (χ3v) is 5.68. The Hall–Kier alpha value is -1.39. The van der Waals surface area contributed by atoms with Crippen molar-refractivity contribution < 1.29 is 9.59 Å². The average molecular weight is 398 g/mol. The molecule has 124 valence electrons. The van der Waals surface area contributed by atoms with Crippen LogP contribution in [0.3, 0.4) is 0 Å². The van der Waals surface area contributed by atoms with E-state index >= 15 is 0 Å². The topological polar surface area (TPSA) is 82.0 Å². The van der Waals surface area contributed by atoms with Gasteiger partial charge in [0.2, 0.25) is 5.91 Å². The summed E-state index contributed by atoms with van der Waals surface area (Å²) in [6.45, 7) is -0.0412. The lowest BCUT2D eigenvalue weighted by molar-refractivity contribution is -0.123. The van der Waals surface area contributed by atoms with E-state index in [0.717, 1.165) is 16.6 Å². The number of nitrogens with zero attached hydrogens (tertiary/aromatic N) is 1. The second kappa shape index (κ2) is 9.04. The summed E-state index contributed by atoms with van der Waals surface area (Å²) in [6.07, 6.45) is 6.45. The molecule has 0 radical (unpaired) electrons. The Morgan fingerprint density at radius 1 is 1.35 bits per heavy atom. The van der Waals surface area contributed by atoms with Crippen LogP contribution in [0.15, 0.2) is 15.9 Å². The number of hydrogen-bond acceptors (Lipinski definition) is 4. The molecule has 1 aliphatic rings. The molecule has 7 heteroatoms. The van der Waals surface area contributed by atoms with E-state index in [1.165, 1.54) is 30.6 Å². The Labute approximate surface area is 148 Å². The first-order valence-corrected chi connectivity index (χ1v) is 9.42. The van der Waals surface area contributed by atoms with Crippen LogP contribution in [0.2, 0.25) is 0 Å². The Balaban J connectivity index is 2.01. The van der Waals surface area contributed by atoms with Gasteiger partial charge < -0.3 is 10.6 Å². The molecule has 2 amide bonds. The van der Waals surface area contributed by atoms with Crippen molar-refractivity contribution in [2.24, 2.45) is 5.92 Å². The van der Waals surface area contributed by atoms with Crippen molar-refractivity contribution >= 4 is 39.1 Å². The molecular weight excluding hydrogens is 378 g/mol. The van der Waals surface area contributed by atoms with Gasteiger partial charge in [-0.15, -0.1) is 11.3 Å². The molecular formula is C16H20BrN3O2S. The molecule has 1 heterocycles. The van der Waals surface area contributed by atoms with Gasteiger partial charge in [0.05, 0.1) is 14.7 Å². The van der Waals surface area contributed by atoms with Crippen molar-refractivity contribution in [3.05, 3.63) is 20.8 Å². The molecule has 5 nitrogen and oxygen atoms in total. The fourth-order valence-corrected chi connectivity index (χ4v) is 4.19. The van der Waals surface area contributed by atoms with Crippen LogP contribution in [0.4, 0.5) is 0 Å². The maximum atomic E-state index is 12.3. The van der Waals surface area contributed by atoms with Gasteiger partial charge in [-0.2, -0.15) is 5.26 Å². The van der Waals surface area contributed by atoms with Crippen LogP contribution in [0.5, 0.6) is 0 Å². The van der Waals surface area contributed by atoms with Crippen molar-refractivity contribution in [2.75, 3.05) is 6.54 Å². The molecule has 2 N–H and O–H groups in total.